The summed E-state index contributed by atoms with van der Waals surface area (Å²) < 4.78 is 5.84. The first-order valence-electron chi connectivity index (χ1n) is 8.74. The molecule has 0 saturated carbocycles. The van der Waals surface area contributed by atoms with E-state index >= 15 is 0 Å². The Morgan fingerprint density at radius 3 is 2.67 bits per heavy atom. The van der Waals surface area contributed by atoms with Gasteiger partial charge < -0.3 is 15.0 Å². The van der Waals surface area contributed by atoms with E-state index < -0.39 is 0 Å². The Balaban J connectivity index is 0.00000288. The summed E-state index contributed by atoms with van der Waals surface area (Å²) >= 11 is 0. The Kier molecular flexibility index (Phi) is 9.16. The molecule has 0 bridgehead atoms. The number of hydrogen-bond donors (Lipinski definition) is 1. The first-order valence-corrected chi connectivity index (χ1v) is 8.74. The molecule has 0 radical (unpaired) electrons. The molecule has 1 fully saturated rings. The van der Waals surface area contributed by atoms with Crippen molar-refractivity contribution in [2.75, 3.05) is 26.7 Å². The van der Waals surface area contributed by atoms with E-state index in [1.54, 1.807) is 0 Å². The lowest BCUT2D eigenvalue weighted by Crippen LogP contribution is -2.43. The van der Waals surface area contributed by atoms with Gasteiger partial charge in [0.1, 0.15) is 5.75 Å². The van der Waals surface area contributed by atoms with E-state index in [9.17, 15) is 4.79 Å². The number of nitrogens with one attached hydrogen (secondary N) is 1. The first kappa shape index (κ1) is 20.8. The third-order valence-electron chi connectivity index (χ3n) is 4.64. The zero-order valence-corrected chi connectivity index (χ0v) is 16.0. The van der Waals surface area contributed by atoms with Crippen LogP contribution < -0.4 is 10.1 Å². The van der Waals surface area contributed by atoms with Crippen molar-refractivity contribution in [3.63, 3.8) is 0 Å². The van der Waals surface area contributed by atoms with E-state index in [0.717, 1.165) is 50.1 Å². The van der Waals surface area contributed by atoms with Crippen LogP contribution in [0.3, 0.4) is 0 Å². The quantitative estimate of drug-likeness (QED) is 0.762. The Morgan fingerprint density at radius 1 is 1.25 bits per heavy atom. The van der Waals surface area contributed by atoms with Gasteiger partial charge in [-0.1, -0.05) is 12.1 Å². The number of amides is 1. The number of rotatable bonds is 7. The minimum absolute atomic E-state index is 0. The minimum atomic E-state index is 0. The predicted molar refractivity (Wildman–Crippen MR) is 101 cm³/mol. The number of hydrogen-bond acceptors (Lipinski definition) is 3. The van der Waals surface area contributed by atoms with Crippen molar-refractivity contribution in [3.8, 4) is 5.75 Å². The van der Waals surface area contributed by atoms with Gasteiger partial charge in [0.05, 0.1) is 6.61 Å². The monoisotopic (exact) mass is 354 g/mol. The summed E-state index contributed by atoms with van der Waals surface area (Å²) in [5, 5.41) is 3.34. The molecule has 5 heteroatoms. The van der Waals surface area contributed by atoms with Crippen LogP contribution in [-0.2, 0) is 4.79 Å². The lowest BCUT2D eigenvalue weighted by Gasteiger charge is -2.31. The zero-order chi connectivity index (χ0) is 16.7. The summed E-state index contributed by atoms with van der Waals surface area (Å²) in [6.45, 7) is 6.85. The van der Waals surface area contributed by atoms with Gasteiger partial charge >= 0.3 is 0 Å². The third kappa shape index (κ3) is 6.33. The van der Waals surface area contributed by atoms with Crippen molar-refractivity contribution in [2.45, 2.75) is 52.0 Å². The van der Waals surface area contributed by atoms with Crippen LogP contribution in [0.1, 0.15) is 43.2 Å². The standard InChI is InChI=1S/C19H30N2O2.ClH/c1-15-7-8-16(2)18(14-15)23-13-5-4-6-19(22)21(3)17-9-11-20-12-10-17;/h7-8,14,17,20H,4-6,9-13H2,1-3H3;1H. The van der Waals surface area contributed by atoms with E-state index in [1.165, 1.54) is 5.56 Å². The largest absolute Gasteiger partial charge is 0.493 e. The Hall–Kier alpha value is -1.26. The molecule has 1 aromatic carbocycles. The molecule has 2 rings (SSSR count). The number of ether oxygens (including phenoxy) is 1. The fraction of sp³-hybridized carbons (Fsp3) is 0.632. The average molecular weight is 355 g/mol. The van der Waals surface area contributed by atoms with E-state index in [2.05, 4.69) is 37.4 Å². The molecular formula is C19H31ClN2O2. The van der Waals surface area contributed by atoms with Crippen molar-refractivity contribution in [3.05, 3.63) is 29.3 Å². The summed E-state index contributed by atoms with van der Waals surface area (Å²) in [7, 11) is 1.95. The third-order valence-corrected chi connectivity index (χ3v) is 4.64. The van der Waals surface area contributed by atoms with Gasteiger partial charge in [0, 0.05) is 19.5 Å². The van der Waals surface area contributed by atoms with Gasteiger partial charge in [-0.2, -0.15) is 0 Å². The molecule has 4 nitrogen and oxygen atoms in total. The number of unbranched alkanes of at least 4 members (excludes halogenated alkanes) is 1. The van der Waals surface area contributed by atoms with Crippen molar-refractivity contribution in [1.29, 1.82) is 0 Å². The summed E-state index contributed by atoms with van der Waals surface area (Å²) in [6.07, 6.45) is 4.56. The van der Waals surface area contributed by atoms with E-state index in [0.29, 0.717) is 19.1 Å². The molecular weight excluding hydrogens is 324 g/mol. The highest BCUT2D eigenvalue weighted by Gasteiger charge is 2.21. The maximum atomic E-state index is 12.2. The Labute approximate surface area is 152 Å². The van der Waals surface area contributed by atoms with Crippen LogP contribution in [0.2, 0.25) is 0 Å². The van der Waals surface area contributed by atoms with Crippen LogP contribution >= 0.6 is 12.4 Å². The maximum Gasteiger partial charge on any atom is 0.222 e. The fourth-order valence-electron chi connectivity index (χ4n) is 3.00. The summed E-state index contributed by atoms with van der Waals surface area (Å²) in [5.41, 5.74) is 2.38. The van der Waals surface area contributed by atoms with Crippen molar-refractivity contribution in [2.24, 2.45) is 0 Å². The van der Waals surface area contributed by atoms with Gasteiger partial charge in [0.2, 0.25) is 5.91 Å². The highest BCUT2D eigenvalue weighted by Crippen LogP contribution is 2.19. The second-order valence-electron chi connectivity index (χ2n) is 6.56. The van der Waals surface area contributed by atoms with Gasteiger partial charge in [-0.15, -0.1) is 12.4 Å². The van der Waals surface area contributed by atoms with Gasteiger partial charge in [-0.05, 0) is 69.8 Å². The van der Waals surface area contributed by atoms with Gasteiger partial charge in [0.25, 0.3) is 0 Å². The van der Waals surface area contributed by atoms with Crippen molar-refractivity contribution in [1.82, 2.24) is 10.2 Å². The van der Waals surface area contributed by atoms with Crippen LogP contribution in [0, 0.1) is 13.8 Å². The van der Waals surface area contributed by atoms with Crippen LogP contribution in [0.5, 0.6) is 5.75 Å². The van der Waals surface area contributed by atoms with Crippen LogP contribution in [0.4, 0.5) is 0 Å². The van der Waals surface area contributed by atoms with E-state index in [1.807, 2.05) is 11.9 Å². The highest BCUT2D eigenvalue weighted by molar-refractivity contribution is 5.85. The number of halogens is 1. The topological polar surface area (TPSA) is 41.6 Å². The molecule has 24 heavy (non-hydrogen) atoms. The van der Waals surface area contributed by atoms with E-state index in [-0.39, 0.29) is 18.3 Å². The Bertz CT molecular complexity index is 516. The minimum Gasteiger partial charge on any atom is -0.493 e. The lowest BCUT2D eigenvalue weighted by atomic mass is 10.0. The van der Waals surface area contributed by atoms with Crippen LogP contribution in [-0.4, -0.2) is 43.6 Å². The number of piperidine rings is 1. The number of benzene rings is 1. The lowest BCUT2D eigenvalue weighted by molar-refractivity contribution is -0.132. The highest BCUT2D eigenvalue weighted by atomic mass is 35.5. The first-order chi connectivity index (χ1) is 11.1. The van der Waals surface area contributed by atoms with Crippen LogP contribution in [0.15, 0.2) is 18.2 Å². The number of nitrogens with zero attached hydrogens (tertiary/aromatic N) is 1. The van der Waals surface area contributed by atoms with E-state index in [4.69, 9.17) is 4.74 Å². The van der Waals surface area contributed by atoms with Crippen molar-refractivity contribution < 1.29 is 9.53 Å². The van der Waals surface area contributed by atoms with Gasteiger partial charge in [-0.25, -0.2) is 0 Å². The zero-order valence-electron chi connectivity index (χ0n) is 15.1. The molecule has 1 aromatic rings. The molecule has 0 atom stereocenters. The molecule has 0 spiro atoms. The fourth-order valence-corrected chi connectivity index (χ4v) is 3.00. The molecule has 1 aliphatic heterocycles. The Morgan fingerprint density at radius 2 is 1.96 bits per heavy atom. The van der Waals surface area contributed by atoms with Crippen LogP contribution in [0.25, 0.3) is 0 Å². The summed E-state index contributed by atoms with van der Waals surface area (Å²) in [4.78, 5) is 14.2. The van der Waals surface area contributed by atoms with Gasteiger partial charge in [-0.3, -0.25) is 4.79 Å². The molecule has 0 aromatic heterocycles. The molecule has 0 aliphatic carbocycles. The molecule has 1 heterocycles. The molecule has 0 unspecified atom stereocenters. The molecule has 1 N–H and O–H groups in total. The second kappa shape index (κ2) is 10.6. The number of aryl methyl sites for hydroxylation is 2. The number of carbonyl (C=O) groups excluding carboxylic acids is 1. The predicted octanol–water partition coefficient (Wildman–Crippen LogP) is 3.48. The SMILES string of the molecule is Cc1ccc(C)c(OCCCCC(=O)N(C)C2CCNCC2)c1.Cl. The average Bonchev–Trinajstić information content (AvgIpc) is 2.57. The number of carbonyl (C=O) groups is 1. The summed E-state index contributed by atoms with van der Waals surface area (Å²) in [5.74, 6) is 1.23. The molecule has 1 saturated heterocycles. The second-order valence-corrected chi connectivity index (χ2v) is 6.56. The molecule has 1 amide bonds. The molecule has 136 valence electrons. The maximum absolute atomic E-state index is 12.2. The smallest absolute Gasteiger partial charge is 0.222 e. The summed E-state index contributed by atoms with van der Waals surface area (Å²) in [6, 6.07) is 6.67. The normalized spacial score (nSPS) is 14.8. The van der Waals surface area contributed by atoms with Crippen molar-refractivity contribution >= 4 is 18.3 Å². The molecule has 1 aliphatic rings. The van der Waals surface area contributed by atoms with Gasteiger partial charge in [0.15, 0.2) is 0 Å².